The van der Waals surface area contributed by atoms with Crippen LogP contribution in [0.2, 0.25) is 10.0 Å². The van der Waals surface area contributed by atoms with Gasteiger partial charge in [-0.3, -0.25) is 4.79 Å². The average molecular weight is 530 g/mol. The van der Waals surface area contributed by atoms with Crippen molar-refractivity contribution in [3.8, 4) is 5.75 Å². The number of benzene rings is 2. The molecule has 0 saturated heterocycles. The van der Waals surface area contributed by atoms with E-state index in [0.29, 0.717) is 21.5 Å². The Bertz CT molecular complexity index is 891. The van der Waals surface area contributed by atoms with Crippen LogP contribution in [0.5, 0.6) is 5.75 Å². The molecule has 162 valence electrons. The van der Waals surface area contributed by atoms with Gasteiger partial charge in [-0.15, -0.1) is 0 Å². The van der Waals surface area contributed by atoms with Crippen molar-refractivity contribution < 1.29 is 9.53 Å². The molecule has 0 radical (unpaired) electrons. The topological polar surface area (TPSA) is 62.4 Å². The lowest BCUT2D eigenvalue weighted by molar-refractivity contribution is -0.123. The monoisotopic (exact) mass is 527 g/mol. The van der Waals surface area contributed by atoms with Crippen molar-refractivity contribution in [2.24, 2.45) is 0 Å². The molecule has 1 amide bonds. The molecule has 2 aromatic rings. The molecule has 11 heteroatoms. The number of ether oxygens (including phenoxy) is 1. The number of hydrogen-bond donors (Lipinski definition) is 3. The number of thiocarbonyl (C=S) groups is 1. The van der Waals surface area contributed by atoms with E-state index in [0.717, 1.165) is 12.0 Å². The van der Waals surface area contributed by atoms with Gasteiger partial charge in [0.25, 0.3) is 5.91 Å². The lowest BCUT2D eigenvalue weighted by Gasteiger charge is -2.27. The molecule has 3 N–H and O–H groups in total. The Morgan fingerprint density at radius 3 is 2.33 bits per heavy atom. The fourth-order valence-corrected chi connectivity index (χ4v) is 3.26. The molecule has 0 fully saturated rings. The molecule has 0 saturated carbocycles. The van der Waals surface area contributed by atoms with Gasteiger partial charge in [0.05, 0.1) is 10.7 Å². The highest BCUT2D eigenvalue weighted by molar-refractivity contribution is 7.80. The summed E-state index contributed by atoms with van der Waals surface area (Å²) in [5, 5.41) is 9.03. The Morgan fingerprint density at radius 2 is 1.77 bits per heavy atom. The zero-order valence-corrected chi connectivity index (χ0v) is 20.2. The molecular formula is C19H18Cl5N3O2S. The van der Waals surface area contributed by atoms with Crippen LogP contribution in [0.25, 0.3) is 0 Å². The van der Waals surface area contributed by atoms with E-state index in [9.17, 15) is 4.79 Å². The second-order valence-corrected chi connectivity index (χ2v) is 9.67. The zero-order chi connectivity index (χ0) is 22.3. The van der Waals surface area contributed by atoms with E-state index in [4.69, 9.17) is 75.0 Å². The Hall–Kier alpha value is -1.15. The van der Waals surface area contributed by atoms with Crippen LogP contribution >= 0.6 is 70.2 Å². The van der Waals surface area contributed by atoms with Gasteiger partial charge in [-0.1, -0.05) is 77.1 Å². The maximum atomic E-state index is 12.3. The van der Waals surface area contributed by atoms with E-state index in [1.54, 1.807) is 30.3 Å². The van der Waals surface area contributed by atoms with Crippen LogP contribution < -0.4 is 20.7 Å². The summed E-state index contributed by atoms with van der Waals surface area (Å²) >= 11 is 35.1. The van der Waals surface area contributed by atoms with Gasteiger partial charge in [-0.05, 0) is 54.5 Å². The molecule has 0 spiro atoms. The van der Waals surface area contributed by atoms with Crippen LogP contribution in [0.4, 0.5) is 5.69 Å². The van der Waals surface area contributed by atoms with Crippen LogP contribution in [-0.2, 0) is 11.2 Å². The van der Waals surface area contributed by atoms with Crippen molar-refractivity contribution >= 4 is 86.9 Å². The Labute approximate surface area is 205 Å². The van der Waals surface area contributed by atoms with E-state index < -0.39 is 15.9 Å². The molecule has 2 aromatic carbocycles. The van der Waals surface area contributed by atoms with E-state index in [2.05, 4.69) is 16.0 Å². The van der Waals surface area contributed by atoms with Crippen LogP contribution in [0.1, 0.15) is 12.5 Å². The smallest absolute Gasteiger partial charge is 0.259 e. The molecular weight excluding hydrogens is 512 g/mol. The maximum absolute atomic E-state index is 12.3. The second-order valence-electron chi connectivity index (χ2n) is 6.05. The van der Waals surface area contributed by atoms with Gasteiger partial charge in [0.1, 0.15) is 11.9 Å². The largest absolute Gasteiger partial charge is 0.484 e. The summed E-state index contributed by atoms with van der Waals surface area (Å²) < 4.78 is 3.57. The molecule has 0 aliphatic heterocycles. The predicted octanol–water partition coefficient (Wildman–Crippen LogP) is 5.73. The molecule has 0 heterocycles. The van der Waals surface area contributed by atoms with E-state index in [1.165, 1.54) is 0 Å². The summed E-state index contributed by atoms with van der Waals surface area (Å²) in [5.41, 5.74) is 1.65. The van der Waals surface area contributed by atoms with E-state index >= 15 is 0 Å². The summed E-state index contributed by atoms with van der Waals surface area (Å²) in [6.45, 7) is 1.78. The Morgan fingerprint density at radius 1 is 1.10 bits per heavy atom. The van der Waals surface area contributed by atoms with Crippen LogP contribution in [-0.4, -0.2) is 27.6 Å². The number of carbonyl (C=O) groups is 1. The van der Waals surface area contributed by atoms with Gasteiger partial charge in [-0.2, -0.15) is 0 Å². The summed E-state index contributed by atoms with van der Waals surface area (Å²) in [6, 6.07) is 12.2. The second kappa shape index (κ2) is 11.5. The van der Waals surface area contributed by atoms with Crippen LogP contribution in [0.3, 0.4) is 0 Å². The zero-order valence-electron chi connectivity index (χ0n) is 15.6. The standard InChI is InChI=1S/C19H18Cl5N3O2S/c1-2-11-3-6-13(7-4-11)29-10-16(28)26-17(19(22,23)24)27-18(30)25-15-8-5-12(20)9-14(15)21/h3-9,17H,2,10H2,1H3,(H,26,28)(H2,25,27,30). The number of hydrogen-bond acceptors (Lipinski definition) is 3. The Balaban J connectivity index is 1.94. The van der Waals surface area contributed by atoms with E-state index in [1.807, 2.05) is 19.1 Å². The Kier molecular flexibility index (Phi) is 9.60. The molecule has 0 aromatic heterocycles. The fraction of sp³-hybridized carbons (Fsp3) is 0.263. The molecule has 5 nitrogen and oxygen atoms in total. The average Bonchev–Trinajstić information content (AvgIpc) is 2.67. The van der Waals surface area contributed by atoms with E-state index in [-0.39, 0.29) is 11.7 Å². The third-order valence-corrected chi connectivity index (χ3v) is 5.21. The summed E-state index contributed by atoms with van der Waals surface area (Å²) in [4.78, 5) is 12.3. The van der Waals surface area contributed by atoms with Crippen molar-refractivity contribution in [3.63, 3.8) is 0 Å². The lowest BCUT2D eigenvalue weighted by Crippen LogP contribution is -2.57. The van der Waals surface area contributed by atoms with Crippen LogP contribution in [0.15, 0.2) is 42.5 Å². The highest BCUT2D eigenvalue weighted by Crippen LogP contribution is 2.30. The van der Waals surface area contributed by atoms with Gasteiger partial charge >= 0.3 is 0 Å². The molecule has 0 aliphatic rings. The third kappa shape index (κ3) is 8.17. The quantitative estimate of drug-likeness (QED) is 0.243. The first-order valence-corrected chi connectivity index (χ1v) is 11.0. The van der Waals surface area contributed by atoms with Gasteiger partial charge in [0, 0.05) is 5.02 Å². The first-order valence-electron chi connectivity index (χ1n) is 8.69. The first-order chi connectivity index (χ1) is 14.1. The van der Waals surface area contributed by atoms with Gasteiger partial charge < -0.3 is 20.7 Å². The molecule has 2 rings (SSSR count). The van der Waals surface area contributed by atoms with Crippen molar-refractivity contribution in [2.75, 3.05) is 11.9 Å². The number of amides is 1. The van der Waals surface area contributed by atoms with Crippen molar-refractivity contribution in [2.45, 2.75) is 23.3 Å². The number of aryl methyl sites for hydroxylation is 1. The number of carbonyl (C=O) groups excluding carboxylic acids is 1. The molecule has 1 atom stereocenters. The number of nitrogens with one attached hydrogen (secondary N) is 3. The SMILES string of the molecule is CCc1ccc(OCC(=O)NC(NC(=S)Nc2ccc(Cl)cc2Cl)C(Cl)(Cl)Cl)cc1. The number of anilines is 1. The summed E-state index contributed by atoms with van der Waals surface area (Å²) in [6.07, 6.45) is -0.223. The van der Waals surface area contributed by atoms with Crippen LogP contribution in [0, 0.1) is 0 Å². The molecule has 0 aliphatic carbocycles. The third-order valence-electron chi connectivity index (χ3n) is 3.79. The van der Waals surface area contributed by atoms with Crippen molar-refractivity contribution in [3.05, 3.63) is 58.1 Å². The maximum Gasteiger partial charge on any atom is 0.259 e. The molecule has 1 unspecified atom stereocenters. The van der Waals surface area contributed by atoms with Gasteiger partial charge in [0.2, 0.25) is 3.79 Å². The van der Waals surface area contributed by atoms with Gasteiger partial charge in [0.15, 0.2) is 11.7 Å². The highest BCUT2D eigenvalue weighted by atomic mass is 35.6. The minimum Gasteiger partial charge on any atom is -0.484 e. The van der Waals surface area contributed by atoms with Crippen molar-refractivity contribution in [1.29, 1.82) is 0 Å². The lowest BCUT2D eigenvalue weighted by atomic mass is 10.2. The predicted molar refractivity (Wildman–Crippen MR) is 129 cm³/mol. The number of alkyl halides is 3. The number of halogens is 5. The van der Waals surface area contributed by atoms with Gasteiger partial charge in [-0.25, -0.2) is 0 Å². The summed E-state index contributed by atoms with van der Waals surface area (Å²) in [7, 11) is 0. The molecule has 30 heavy (non-hydrogen) atoms. The minimum absolute atomic E-state index is 0.0759. The van der Waals surface area contributed by atoms with Crippen molar-refractivity contribution in [1.82, 2.24) is 10.6 Å². The molecule has 0 bridgehead atoms. The summed E-state index contributed by atoms with van der Waals surface area (Å²) in [5.74, 6) is 0.0426. The first kappa shape index (κ1) is 25.1. The number of rotatable bonds is 7. The normalized spacial score (nSPS) is 12.1. The highest BCUT2D eigenvalue weighted by Gasteiger charge is 2.34. The fourth-order valence-electron chi connectivity index (χ4n) is 2.25. The minimum atomic E-state index is -1.89.